The number of hydrogen-bond acceptors (Lipinski definition) is 5. The molecule has 0 aliphatic carbocycles. The summed E-state index contributed by atoms with van der Waals surface area (Å²) in [4.78, 5) is 4.12. The van der Waals surface area contributed by atoms with Crippen LogP contribution in [0.25, 0.3) is 0 Å². The summed E-state index contributed by atoms with van der Waals surface area (Å²) >= 11 is 0. The van der Waals surface area contributed by atoms with Gasteiger partial charge in [-0.1, -0.05) is 0 Å². The van der Waals surface area contributed by atoms with E-state index in [0.717, 1.165) is 24.3 Å². The van der Waals surface area contributed by atoms with Crippen molar-refractivity contribution in [2.75, 3.05) is 13.2 Å². The largest absolute Gasteiger partial charge is 0.376 e. The fourth-order valence-electron chi connectivity index (χ4n) is 1.68. The average molecular weight is 182 g/mol. The van der Waals surface area contributed by atoms with Crippen LogP contribution in [0.4, 0.5) is 0 Å². The van der Waals surface area contributed by atoms with Crippen LogP contribution in [0.2, 0.25) is 0 Å². The molecule has 2 heterocycles. The molecule has 72 valence electrons. The van der Waals surface area contributed by atoms with Gasteiger partial charge in [0.1, 0.15) is 5.66 Å². The van der Waals surface area contributed by atoms with Crippen molar-refractivity contribution in [1.29, 1.82) is 0 Å². The van der Waals surface area contributed by atoms with Crippen LogP contribution in [0.5, 0.6) is 0 Å². The summed E-state index contributed by atoms with van der Waals surface area (Å²) in [5, 5.41) is 3.02. The molecular weight excluding hydrogens is 168 g/mol. The fourth-order valence-corrected chi connectivity index (χ4v) is 1.68. The highest BCUT2D eigenvalue weighted by atomic mass is 16.5. The highest BCUT2D eigenvalue weighted by Crippen LogP contribution is 2.26. The lowest BCUT2D eigenvalue weighted by molar-refractivity contribution is 0.133. The number of ether oxygens (including phenoxy) is 1. The molecule has 5 nitrogen and oxygen atoms in total. The maximum Gasteiger partial charge on any atom is 0.195 e. The molecular formula is C8H14N4O. The van der Waals surface area contributed by atoms with Gasteiger partial charge in [-0.05, 0) is 6.92 Å². The second kappa shape index (κ2) is 2.71. The summed E-state index contributed by atoms with van der Waals surface area (Å²) in [6.45, 7) is 3.10. The van der Waals surface area contributed by atoms with E-state index < -0.39 is 5.66 Å². The average Bonchev–Trinajstić information content (AvgIpc) is 2.02. The predicted molar refractivity (Wildman–Crippen MR) is 49.8 cm³/mol. The van der Waals surface area contributed by atoms with E-state index in [2.05, 4.69) is 10.3 Å². The third-order valence-electron chi connectivity index (χ3n) is 2.35. The molecule has 0 saturated heterocycles. The third-order valence-corrected chi connectivity index (χ3v) is 2.35. The zero-order valence-electron chi connectivity index (χ0n) is 7.63. The van der Waals surface area contributed by atoms with Crippen LogP contribution >= 0.6 is 0 Å². The van der Waals surface area contributed by atoms with E-state index in [0.29, 0.717) is 12.6 Å². The fraction of sp³-hybridized carbons (Fsp3) is 0.625. The van der Waals surface area contributed by atoms with E-state index in [9.17, 15) is 0 Å². The van der Waals surface area contributed by atoms with Gasteiger partial charge in [0.15, 0.2) is 5.96 Å². The van der Waals surface area contributed by atoms with Crippen molar-refractivity contribution in [3.05, 3.63) is 11.3 Å². The van der Waals surface area contributed by atoms with E-state index in [1.807, 2.05) is 6.92 Å². The Balaban J connectivity index is 2.36. The first-order valence-corrected chi connectivity index (χ1v) is 4.31. The molecule has 1 unspecified atom stereocenters. The number of hydrogen-bond donors (Lipinski definition) is 3. The van der Waals surface area contributed by atoms with Crippen LogP contribution in [0.15, 0.2) is 16.3 Å². The molecule has 5 heteroatoms. The topological polar surface area (TPSA) is 85.7 Å². The molecule has 0 aromatic rings. The van der Waals surface area contributed by atoms with Gasteiger partial charge < -0.3 is 21.5 Å². The second-order valence-corrected chi connectivity index (χ2v) is 3.53. The van der Waals surface area contributed by atoms with Crippen molar-refractivity contribution >= 4 is 5.96 Å². The van der Waals surface area contributed by atoms with E-state index >= 15 is 0 Å². The molecule has 2 rings (SSSR count). The van der Waals surface area contributed by atoms with Crippen molar-refractivity contribution in [3.8, 4) is 0 Å². The van der Waals surface area contributed by atoms with Gasteiger partial charge in [0.2, 0.25) is 0 Å². The highest BCUT2D eigenvalue weighted by molar-refractivity contribution is 5.82. The third kappa shape index (κ3) is 1.40. The Morgan fingerprint density at radius 2 is 2.38 bits per heavy atom. The summed E-state index contributed by atoms with van der Waals surface area (Å²) in [5.74, 6) is 0.394. The molecule has 0 spiro atoms. The monoisotopic (exact) mass is 182 g/mol. The van der Waals surface area contributed by atoms with Crippen LogP contribution in [0, 0.1) is 0 Å². The molecule has 0 radical (unpaired) electrons. The van der Waals surface area contributed by atoms with E-state index in [1.165, 1.54) is 0 Å². The lowest BCUT2D eigenvalue weighted by Crippen LogP contribution is -2.50. The van der Waals surface area contributed by atoms with Gasteiger partial charge in [-0.2, -0.15) is 0 Å². The van der Waals surface area contributed by atoms with Gasteiger partial charge in [0, 0.05) is 17.7 Å². The molecule has 0 amide bonds. The van der Waals surface area contributed by atoms with Crippen LogP contribution < -0.4 is 16.8 Å². The van der Waals surface area contributed by atoms with Gasteiger partial charge in [-0.25, -0.2) is 4.99 Å². The zero-order valence-corrected chi connectivity index (χ0v) is 7.63. The molecule has 1 atom stereocenters. The summed E-state index contributed by atoms with van der Waals surface area (Å²) in [6, 6.07) is 0. The minimum Gasteiger partial charge on any atom is -0.376 e. The summed E-state index contributed by atoms with van der Waals surface area (Å²) in [5.41, 5.74) is 13.0. The molecule has 0 saturated carbocycles. The van der Waals surface area contributed by atoms with Crippen LogP contribution in [-0.4, -0.2) is 24.8 Å². The minimum atomic E-state index is -0.703. The molecule has 0 fully saturated rings. The summed E-state index contributed by atoms with van der Waals surface area (Å²) in [7, 11) is 0. The standard InChI is InChI=1S/C8H14N4O/c1-8(10)5-4-13-3-2-6(5)11-7(9)12-8/h2-4,10H2,1H3,(H3,9,11,12). The maximum atomic E-state index is 5.98. The summed E-state index contributed by atoms with van der Waals surface area (Å²) in [6.07, 6.45) is 0.832. The van der Waals surface area contributed by atoms with E-state index in [1.54, 1.807) is 0 Å². The molecule has 0 aromatic heterocycles. The van der Waals surface area contributed by atoms with Crippen molar-refractivity contribution in [2.24, 2.45) is 16.5 Å². The van der Waals surface area contributed by atoms with Gasteiger partial charge >= 0.3 is 0 Å². The molecule has 5 N–H and O–H groups in total. The first-order valence-electron chi connectivity index (χ1n) is 4.31. The maximum absolute atomic E-state index is 5.98. The second-order valence-electron chi connectivity index (χ2n) is 3.53. The van der Waals surface area contributed by atoms with Gasteiger partial charge in [-0.3, -0.25) is 0 Å². The Hall–Kier alpha value is -1.07. The van der Waals surface area contributed by atoms with Crippen LogP contribution in [0.3, 0.4) is 0 Å². The van der Waals surface area contributed by atoms with Crippen LogP contribution in [-0.2, 0) is 4.74 Å². The van der Waals surface area contributed by atoms with E-state index in [4.69, 9.17) is 16.2 Å². The number of nitrogens with zero attached hydrogens (tertiary/aromatic N) is 1. The van der Waals surface area contributed by atoms with Crippen molar-refractivity contribution < 1.29 is 4.74 Å². The lowest BCUT2D eigenvalue weighted by atomic mass is 9.97. The highest BCUT2D eigenvalue weighted by Gasteiger charge is 2.32. The van der Waals surface area contributed by atoms with Crippen molar-refractivity contribution in [3.63, 3.8) is 0 Å². The molecule has 0 bridgehead atoms. The Labute approximate surface area is 76.8 Å². The van der Waals surface area contributed by atoms with Crippen molar-refractivity contribution in [1.82, 2.24) is 5.32 Å². The number of aliphatic imine (C=N–C) groups is 1. The zero-order chi connectivity index (χ0) is 9.47. The number of guanidine groups is 1. The predicted octanol–water partition coefficient (Wildman–Crippen LogP) is -0.746. The lowest BCUT2D eigenvalue weighted by Gasteiger charge is -2.34. The number of nitrogens with one attached hydrogen (secondary N) is 1. The number of nitrogens with two attached hydrogens (primary N) is 2. The van der Waals surface area contributed by atoms with Crippen molar-refractivity contribution in [2.45, 2.75) is 19.0 Å². The first-order chi connectivity index (χ1) is 6.09. The van der Waals surface area contributed by atoms with Gasteiger partial charge in [0.25, 0.3) is 0 Å². The SMILES string of the molecule is CC1(N)N=C(N)NC2=C1COCC2. The molecule has 2 aliphatic heterocycles. The Morgan fingerprint density at radius 1 is 1.62 bits per heavy atom. The molecule has 13 heavy (non-hydrogen) atoms. The number of rotatable bonds is 0. The Kier molecular flexibility index (Phi) is 1.78. The molecule has 0 aromatic carbocycles. The van der Waals surface area contributed by atoms with E-state index in [-0.39, 0.29) is 0 Å². The normalized spacial score (nSPS) is 33.5. The first kappa shape index (κ1) is 8.52. The van der Waals surface area contributed by atoms with Crippen LogP contribution in [0.1, 0.15) is 13.3 Å². The smallest absolute Gasteiger partial charge is 0.195 e. The quantitative estimate of drug-likeness (QED) is 0.460. The Bertz CT molecular complexity index is 293. The molecule has 2 aliphatic rings. The Morgan fingerprint density at radius 3 is 3.15 bits per heavy atom. The van der Waals surface area contributed by atoms with Gasteiger partial charge in [-0.15, -0.1) is 0 Å². The van der Waals surface area contributed by atoms with Gasteiger partial charge in [0.05, 0.1) is 13.2 Å². The minimum absolute atomic E-state index is 0.394. The summed E-state index contributed by atoms with van der Waals surface area (Å²) < 4.78 is 5.32.